The Morgan fingerprint density at radius 3 is 2.58 bits per heavy atom. The molecule has 1 aromatic rings. The van der Waals surface area contributed by atoms with E-state index in [2.05, 4.69) is 10.6 Å². The molecule has 0 aromatic heterocycles. The Morgan fingerprint density at radius 1 is 1.37 bits per heavy atom. The zero-order chi connectivity index (χ0) is 13.5. The first kappa shape index (κ1) is 17.3. The molecular weight excluding hydrogens is 270 g/mol. The lowest BCUT2D eigenvalue weighted by molar-refractivity contribution is -0.384. The van der Waals surface area contributed by atoms with Crippen LogP contribution in [-0.2, 0) is 0 Å². The third kappa shape index (κ3) is 5.23. The lowest BCUT2D eigenvalue weighted by Crippen LogP contribution is -2.32. The molecule has 0 aliphatic heterocycles. The van der Waals surface area contributed by atoms with Crippen LogP contribution in [0.4, 0.5) is 5.69 Å². The minimum atomic E-state index is -0.472. The van der Waals surface area contributed by atoms with E-state index >= 15 is 0 Å². The molecule has 1 rings (SSSR count). The predicted molar refractivity (Wildman–Crippen MR) is 76.0 cm³/mol. The van der Waals surface area contributed by atoms with E-state index in [0.29, 0.717) is 24.2 Å². The first-order valence-corrected chi connectivity index (χ1v) is 5.80. The lowest BCUT2D eigenvalue weighted by atomic mass is 10.1. The summed E-state index contributed by atoms with van der Waals surface area (Å²) >= 11 is 0. The molecule has 0 spiro atoms. The molecule has 19 heavy (non-hydrogen) atoms. The largest absolute Gasteiger partial charge is 0.351 e. The van der Waals surface area contributed by atoms with E-state index in [1.165, 1.54) is 18.2 Å². The number of carbonyl (C=O) groups excluding carboxylic acids is 1. The number of nitro benzene ring substituents is 1. The van der Waals surface area contributed by atoms with Crippen LogP contribution in [0.2, 0.25) is 0 Å². The molecule has 0 saturated heterocycles. The maximum absolute atomic E-state index is 11.8. The van der Waals surface area contributed by atoms with Crippen LogP contribution in [0.5, 0.6) is 0 Å². The molecule has 0 atom stereocenters. The van der Waals surface area contributed by atoms with Gasteiger partial charge in [-0.05, 0) is 25.1 Å². The highest BCUT2D eigenvalue weighted by molar-refractivity contribution is 5.95. The first-order valence-electron chi connectivity index (χ1n) is 5.80. The van der Waals surface area contributed by atoms with Crippen LogP contribution in [-0.4, -0.2) is 30.5 Å². The fourth-order valence-corrected chi connectivity index (χ4v) is 1.55. The highest BCUT2D eigenvalue weighted by atomic mass is 35.5. The Bertz CT molecular complexity index is 452. The van der Waals surface area contributed by atoms with Crippen LogP contribution in [0.1, 0.15) is 22.8 Å². The van der Waals surface area contributed by atoms with E-state index < -0.39 is 4.92 Å². The summed E-state index contributed by atoms with van der Waals surface area (Å²) in [7, 11) is 0. The maximum atomic E-state index is 11.8. The zero-order valence-corrected chi connectivity index (χ0v) is 11.8. The van der Waals surface area contributed by atoms with Crippen molar-refractivity contribution in [1.82, 2.24) is 10.6 Å². The summed E-state index contributed by atoms with van der Waals surface area (Å²) in [5, 5.41) is 16.4. The standard InChI is InChI=1S/C12H17N3O3.ClH/c1-3-13-6-7-14-12(16)11-5-4-10(15(17)18)8-9(11)2;/h4-5,8,13H,3,6-7H2,1-2H3,(H,14,16);1H. The number of hydrogen-bond acceptors (Lipinski definition) is 4. The van der Waals surface area contributed by atoms with Gasteiger partial charge in [-0.3, -0.25) is 14.9 Å². The van der Waals surface area contributed by atoms with Gasteiger partial charge in [-0.25, -0.2) is 0 Å². The average Bonchev–Trinajstić information content (AvgIpc) is 2.34. The predicted octanol–water partition coefficient (Wildman–Crippen LogP) is 1.66. The molecule has 6 nitrogen and oxygen atoms in total. The molecule has 0 aliphatic carbocycles. The van der Waals surface area contributed by atoms with Crippen molar-refractivity contribution in [2.45, 2.75) is 13.8 Å². The van der Waals surface area contributed by atoms with Gasteiger partial charge in [0.05, 0.1) is 4.92 Å². The minimum Gasteiger partial charge on any atom is -0.351 e. The van der Waals surface area contributed by atoms with Gasteiger partial charge < -0.3 is 10.6 Å². The lowest BCUT2D eigenvalue weighted by Gasteiger charge is -2.07. The molecule has 1 amide bonds. The number of nitrogens with one attached hydrogen (secondary N) is 2. The number of amides is 1. The van der Waals surface area contributed by atoms with E-state index in [1.54, 1.807) is 6.92 Å². The molecule has 0 fully saturated rings. The topological polar surface area (TPSA) is 84.3 Å². The smallest absolute Gasteiger partial charge is 0.269 e. The number of benzene rings is 1. The van der Waals surface area contributed by atoms with Crippen LogP contribution >= 0.6 is 12.4 Å². The number of hydrogen-bond donors (Lipinski definition) is 2. The van der Waals surface area contributed by atoms with Crippen LogP contribution in [0, 0.1) is 17.0 Å². The Hall–Kier alpha value is -1.66. The number of nitro groups is 1. The fraction of sp³-hybridized carbons (Fsp3) is 0.417. The van der Waals surface area contributed by atoms with Gasteiger partial charge in [0.25, 0.3) is 11.6 Å². The Morgan fingerprint density at radius 2 is 2.05 bits per heavy atom. The summed E-state index contributed by atoms with van der Waals surface area (Å²) in [5.41, 5.74) is 1.07. The summed E-state index contributed by atoms with van der Waals surface area (Å²) in [6, 6.07) is 4.22. The van der Waals surface area contributed by atoms with Crippen LogP contribution in [0.25, 0.3) is 0 Å². The number of rotatable bonds is 6. The van der Waals surface area contributed by atoms with Gasteiger partial charge in [-0.15, -0.1) is 12.4 Å². The van der Waals surface area contributed by atoms with Gasteiger partial charge in [0.1, 0.15) is 0 Å². The van der Waals surface area contributed by atoms with E-state index in [1.807, 2.05) is 6.92 Å². The van der Waals surface area contributed by atoms with Gasteiger partial charge >= 0.3 is 0 Å². The van der Waals surface area contributed by atoms with E-state index in [-0.39, 0.29) is 24.0 Å². The molecule has 106 valence electrons. The van der Waals surface area contributed by atoms with Crippen molar-refractivity contribution in [1.29, 1.82) is 0 Å². The van der Waals surface area contributed by atoms with Crippen LogP contribution in [0.15, 0.2) is 18.2 Å². The van der Waals surface area contributed by atoms with E-state index in [0.717, 1.165) is 6.54 Å². The van der Waals surface area contributed by atoms with Crippen molar-refractivity contribution in [3.63, 3.8) is 0 Å². The molecule has 0 unspecified atom stereocenters. The van der Waals surface area contributed by atoms with Crippen LogP contribution in [0.3, 0.4) is 0 Å². The van der Waals surface area contributed by atoms with Crippen molar-refractivity contribution in [2.24, 2.45) is 0 Å². The Labute approximate surface area is 118 Å². The quantitative estimate of drug-likeness (QED) is 0.473. The third-order valence-corrected chi connectivity index (χ3v) is 2.50. The molecule has 2 N–H and O–H groups in total. The van der Waals surface area contributed by atoms with Gasteiger partial charge in [0.15, 0.2) is 0 Å². The Kier molecular flexibility index (Phi) is 7.71. The third-order valence-electron chi connectivity index (χ3n) is 2.50. The highest BCUT2D eigenvalue weighted by Crippen LogP contribution is 2.16. The SMILES string of the molecule is CCNCCNC(=O)c1ccc([N+](=O)[O-])cc1C.Cl. The fourth-order valence-electron chi connectivity index (χ4n) is 1.55. The molecular formula is C12H18ClN3O3. The number of carbonyl (C=O) groups is 1. The maximum Gasteiger partial charge on any atom is 0.269 e. The highest BCUT2D eigenvalue weighted by Gasteiger charge is 2.12. The summed E-state index contributed by atoms with van der Waals surface area (Å²) < 4.78 is 0. The number of nitrogens with zero attached hydrogens (tertiary/aromatic N) is 1. The minimum absolute atomic E-state index is 0. The summed E-state index contributed by atoms with van der Waals surface area (Å²) in [6.07, 6.45) is 0. The van der Waals surface area contributed by atoms with Gasteiger partial charge in [-0.1, -0.05) is 6.92 Å². The van der Waals surface area contributed by atoms with Crippen molar-refractivity contribution >= 4 is 24.0 Å². The molecule has 0 saturated carbocycles. The number of likely N-dealkylation sites (N-methyl/N-ethyl adjacent to an activating group) is 1. The molecule has 0 bridgehead atoms. The van der Waals surface area contributed by atoms with Gasteiger partial charge in [0.2, 0.25) is 0 Å². The summed E-state index contributed by atoms with van der Waals surface area (Å²) in [4.78, 5) is 21.9. The average molecular weight is 288 g/mol. The number of halogens is 1. The van der Waals surface area contributed by atoms with E-state index in [9.17, 15) is 14.9 Å². The molecule has 0 aliphatic rings. The second-order valence-electron chi connectivity index (χ2n) is 3.87. The molecule has 1 aromatic carbocycles. The van der Waals surface area contributed by atoms with Crippen molar-refractivity contribution in [3.8, 4) is 0 Å². The second-order valence-corrected chi connectivity index (χ2v) is 3.87. The normalized spacial score (nSPS) is 9.58. The van der Waals surface area contributed by atoms with Gasteiger partial charge in [-0.2, -0.15) is 0 Å². The molecule has 0 heterocycles. The summed E-state index contributed by atoms with van der Waals surface area (Å²) in [6.45, 7) is 5.76. The van der Waals surface area contributed by atoms with Crippen molar-refractivity contribution < 1.29 is 9.72 Å². The summed E-state index contributed by atoms with van der Waals surface area (Å²) in [5.74, 6) is -0.208. The zero-order valence-electron chi connectivity index (χ0n) is 10.9. The second kappa shape index (κ2) is 8.44. The van der Waals surface area contributed by atoms with Gasteiger partial charge in [0, 0.05) is 30.8 Å². The van der Waals surface area contributed by atoms with E-state index in [4.69, 9.17) is 0 Å². The Balaban J connectivity index is 0.00000324. The number of aryl methyl sites for hydroxylation is 1. The monoisotopic (exact) mass is 287 g/mol. The van der Waals surface area contributed by atoms with Crippen LogP contribution < -0.4 is 10.6 Å². The van der Waals surface area contributed by atoms with Crippen molar-refractivity contribution in [2.75, 3.05) is 19.6 Å². The first-order chi connectivity index (χ1) is 8.56. The molecule has 0 radical (unpaired) electrons. The number of non-ortho nitro benzene ring substituents is 1. The van der Waals surface area contributed by atoms with Crippen molar-refractivity contribution in [3.05, 3.63) is 39.4 Å². The molecule has 7 heteroatoms.